The van der Waals surface area contributed by atoms with E-state index in [1.807, 2.05) is 20.8 Å². The number of carboxylic acid groups (broad SMARTS) is 1. The summed E-state index contributed by atoms with van der Waals surface area (Å²) in [5.41, 5.74) is 0. The normalized spacial score (nSPS) is 14.5. The Bertz CT molecular complexity index is 551. The van der Waals surface area contributed by atoms with Gasteiger partial charge in [-0.2, -0.15) is 8.42 Å². The third kappa shape index (κ3) is 13.7. The Labute approximate surface area is 198 Å². The van der Waals surface area contributed by atoms with Crippen LogP contribution in [0.2, 0.25) is 0 Å². The summed E-state index contributed by atoms with van der Waals surface area (Å²) in [5.74, 6) is -2.56. The molecule has 0 amide bonds. The Morgan fingerprint density at radius 2 is 1.38 bits per heavy atom. The van der Waals surface area contributed by atoms with Crippen LogP contribution in [0.4, 0.5) is 0 Å². The Kier molecular flexibility index (Phi) is 18.8. The summed E-state index contributed by atoms with van der Waals surface area (Å²) in [6, 6.07) is 0. The summed E-state index contributed by atoms with van der Waals surface area (Å²) in [6.07, 6.45) is 6.16. The fourth-order valence-corrected chi connectivity index (χ4v) is 4.01. The van der Waals surface area contributed by atoms with E-state index in [4.69, 9.17) is 8.92 Å². The van der Waals surface area contributed by atoms with Gasteiger partial charge in [0.15, 0.2) is 5.25 Å². The van der Waals surface area contributed by atoms with Gasteiger partial charge in [-0.1, -0.05) is 66.2 Å². The molecule has 0 N–H and O–H groups in total. The van der Waals surface area contributed by atoms with Gasteiger partial charge < -0.3 is 14.6 Å². The molecule has 3 atom stereocenters. The summed E-state index contributed by atoms with van der Waals surface area (Å²) in [4.78, 5) is 23.3. The maximum absolute atomic E-state index is 12.5. The number of esters is 1. The van der Waals surface area contributed by atoms with Crippen LogP contribution >= 0.6 is 0 Å². The van der Waals surface area contributed by atoms with Gasteiger partial charge in [-0.15, -0.1) is 0 Å². The molecule has 0 saturated heterocycles. The standard InChI is InChI=1S/C20H38O7S.Na/c1-5-9-11-16(7-3)14-26-20(23)18(13-19(21)22)28(24,25)27-15-17(8-4)12-10-6-2;/h16-18H,5-15H2,1-4H3,(H,21,22);/q;+1/p-1. The van der Waals surface area contributed by atoms with Crippen molar-refractivity contribution in [3.8, 4) is 0 Å². The molecule has 29 heavy (non-hydrogen) atoms. The number of carbonyl (C=O) groups excluding carboxylic acids is 2. The first-order valence-electron chi connectivity index (χ1n) is 10.5. The molecule has 0 aromatic carbocycles. The smallest absolute Gasteiger partial charge is 0.550 e. The second-order valence-electron chi connectivity index (χ2n) is 7.31. The zero-order chi connectivity index (χ0) is 21.6. The van der Waals surface area contributed by atoms with E-state index in [2.05, 4.69) is 6.92 Å². The molecule has 0 fully saturated rings. The molecule has 0 aromatic rings. The Morgan fingerprint density at radius 1 is 0.897 bits per heavy atom. The first-order chi connectivity index (χ1) is 13.2. The number of hydrogen-bond donors (Lipinski definition) is 0. The van der Waals surface area contributed by atoms with Gasteiger partial charge in [0.05, 0.1) is 13.2 Å². The predicted molar refractivity (Wildman–Crippen MR) is 106 cm³/mol. The average Bonchev–Trinajstić information content (AvgIpc) is 2.66. The molecule has 0 aliphatic carbocycles. The Morgan fingerprint density at radius 3 is 1.79 bits per heavy atom. The molecule has 0 spiro atoms. The molecule has 9 heteroatoms. The van der Waals surface area contributed by atoms with Crippen molar-refractivity contribution < 1.29 is 61.6 Å². The summed E-state index contributed by atoms with van der Waals surface area (Å²) < 4.78 is 35.1. The molecule has 0 aliphatic rings. The van der Waals surface area contributed by atoms with Crippen molar-refractivity contribution in [3.05, 3.63) is 0 Å². The SMILES string of the molecule is CCCCC(CC)COC(=O)C(CC(=O)[O-])S(=O)(=O)OCC(CC)CCCC.[Na+]. The van der Waals surface area contributed by atoms with Crippen molar-refractivity contribution in [2.24, 2.45) is 11.8 Å². The summed E-state index contributed by atoms with van der Waals surface area (Å²) in [6.45, 7) is 8.01. The van der Waals surface area contributed by atoms with E-state index in [0.717, 1.165) is 51.4 Å². The molecule has 3 unspecified atom stereocenters. The van der Waals surface area contributed by atoms with Gasteiger partial charge in [-0.3, -0.25) is 8.98 Å². The number of hydrogen-bond acceptors (Lipinski definition) is 7. The maximum Gasteiger partial charge on any atom is 1.00 e. The number of carboxylic acids is 1. The van der Waals surface area contributed by atoms with Crippen LogP contribution in [0.3, 0.4) is 0 Å². The zero-order valence-electron chi connectivity index (χ0n) is 18.8. The molecule has 0 rings (SSSR count). The largest absolute Gasteiger partial charge is 1.00 e. The molecular weight excluding hydrogens is 407 g/mol. The summed E-state index contributed by atoms with van der Waals surface area (Å²) >= 11 is 0. The first kappa shape index (κ1) is 31.0. The van der Waals surface area contributed by atoms with Gasteiger partial charge >= 0.3 is 35.5 Å². The summed E-state index contributed by atoms with van der Waals surface area (Å²) in [7, 11) is -4.41. The quantitative estimate of drug-likeness (QED) is 0.174. The molecule has 0 saturated carbocycles. The van der Waals surface area contributed by atoms with E-state index < -0.39 is 33.7 Å². The van der Waals surface area contributed by atoms with Crippen molar-refractivity contribution >= 4 is 22.1 Å². The van der Waals surface area contributed by atoms with Crippen molar-refractivity contribution in [1.29, 1.82) is 0 Å². The van der Waals surface area contributed by atoms with Gasteiger partial charge in [0.2, 0.25) is 0 Å². The maximum atomic E-state index is 12.5. The van der Waals surface area contributed by atoms with E-state index in [9.17, 15) is 23.1 Å². The van der Waals surface area contributed by atoms with Gasteiger partial charge in [0.25, 0.3) is 10.1 Å². The number of rotatable bonds is 17. The van der Waals surface area contributed by atoms with Crippen molar-refractivity contribution in [2.75, 3.05) is 13.2 Å². The molecule has 0 aromatic heterocycles. The number of aliphatic carboxylic acids is 1. The predicted octanol–water partition coefficient (Wildman–Crippen LogP) is -0.179. The van der Waals surface area contributed by atoms with E-state index in [-0.39, 0.29) is 54.6 Å². The minimum Gasteiger partial charge on any atom is -0.550 e. The van der Waals surface area contributed by atoms with Gasteiger partial charge in [-0.25, -0.2) is 0 Å². The minimum atomic E-state index is -4.41. The molecule has 0 radical (unpaired) electrons. The van der Waals surface area contributed by atoms with E-state index in [1.165, 1.54) is 0 Å². The Hall–Kier alpha value is -0.150. The molecule has 0 heterocycles. The van der Waals surface area contributed by atoms with Gasteiger partial charge in [0, 0.05) is 12.4 Å². The van der Waals surface area contributed by atoms with Crippen LogP contribution in [-0.4, -0.2) is 38.8 Å². The van der Waals surface area contributed by atoms with Crippen LogP contribution in [-0.2, 0) is 28.6 Å². The van der Waals surface area contributed by atoms with Crippen molar-refractivity contribution in [3.63, 3.8) is 0 Å². The second kappa shape index (κ2) is 17.5. The third-order valence-corrected chi connectivity index (χ3v) is 6.50. The van der Waals surface area contributed by atoms with Gasteiger partial charge in [0.1, 0.15) is 0 Å². The average molecular weight is 445 g/mol. The van der Waals surface area contributed by atoms with Crippen LogP contribution < -0.4 is 34.7 Å². The van der Waals surface area contributed by atoms with Crippen LogP contribution in [0.25, 0.3) is 0 Å². The van der Waals surface area contributed by atoms with Crippen molar-refractivity contribution in [2.45, 2.75) is 90.7 Å². The molecule has 0 bridgehead atoms. The summed E-state index contributed by atoms with van der Waals surface area (Å²) in [5, 5.41) is 9.09. The zero-order valence-corrected chi connectivity index (χ0v) is 21.6. The fraction of sp³-hybridized carbons (Fsp3) is 0.900. The third-order valence-electron chi connectivity index (χ3n) is 4.98. The first-order valence-corrected chi connectivity index (χ1v) is 11.9. The van der Waals surface area contributed by atoms with Crippen molar-refractivity contribution in [1.82, 2.24) is 0 Å². The van der Waals surface area contributed by atoms with E-state index in [0.29, 0.717) is 0 Å². The van der Waals surface area contributed by atoms with Crippen LogP contribution in [0.15, 0.2) is 0 Å². The molecule has 0 aliphatic heterocycles. The fourth-order valence-electron chi connectivity index (χ4n) is 2.82. The van der Waals surface area contributed by atoms with Crippen LogP contribution in [0.1, 0.15) is 85.5 Å². The Balaban J connectivity index is 0. The number of ether oxygens (including phenoxy) is 1. The number of unbranched alkanes of at least 4 members (excludes halogenated alkanes) is 2. The van der Waals surface area contributed by atoms with Crippen LogP contribution in [0, 0.1) is 11.8 Å². The molecule has 166 valence electrons. The van der Waals surface area contributed by atoms with Gasteiger partial charge in [-0.05, 0) is 24.7 Å². The number of carbonyl (C=O) groups is 2. The topological polar surface area (TPSA) is 110 Å². The van der Waals surface area contributed by atoms with Crippen LogP contribution in [0.5, 0.6) is 0 Å². The minimum absolute atomic E-state index is 0. The molecular formula is C20H37NaO7S. The van der Waals surface area contributed by atoms with E-state index >= 15 is 0 Å². The molecule has 7 nitrogen and oxygen atoms in total. The monoisotopic (exact) mass is 444 g/mol. The van der Waals surface area contributed by atoms with E-state index in [1.54, 1.807) is 0 Å². The second-order valence-corrected chi connectivity index (χ2v) is 9.10.